The summed E-state index contributed by atoms with van der Waals surface area (Å²) in [4.78, 5) is 12.9. The molecule has 0 bridgehead atoms. The van der Waals surface area contributed by atoms with Crippen molar-refractivity contribution in [2.24, 2.45) is 0 Å². The molecule has 1 amide bonds. The third kappa shape index (κ3) is 4.31. The van der Waals surface area contributed by atoms with E-state index in [1.807, 2.05) is 50.2 Å². The number of fused-ring (bicyclic) bond motifs is 1. The van der Waals surface area contributed by atoms with Gasteiger partial charge in [-0.25, -0.2) is 0 Å². The first-order chi connectivity index (χ1) is 13.3. The lowest BCUT2D eigenvalue weighted by molar-refractivity contribution is 0.0975. The van der Waals surface area contributed by atoms with E-state index in [-0.39, 0.29) is 11.0 Å². The topological polar surface area (TPSA) is 50.4 Å². The van der Waals surface area contributed by atoms with Crippen LogP contribution in [0.3, 0.4) is 0 Å². The second-order valence-electron chi connectivity index (χ2n) is 6.32. The number of ether oxygens (including phenoxy) is 1. The third-order valence-corrected chi connectivity index (χ3v) is 7.00. The van der Waals surface area contributed by atoms with Crippen molar-refractivity contribution in [1.82, 2.24) is 5.32 Å². The molecule has 0 aliphatic rings. The molecule has 0 aliphatic carbocycles. The van der Waals surface area contributed by atoms with Crippen LogP contribution in [0.2, 0.25) is 0 Å². The van der Waals surface area contributed by atoms with Crippen molar-refractivity contribution < 1.29 is 9.53 Å². The summed E-state index contributed by atoms with van der Waals surface area (Å²) >= 11 is 11.2. The number of benzene rings is 3. The van der Waals surface area contributed by atoms with Crippen LogP contribution in [0.1, 0.15) is 21.5 Å². The maximum Gasteiger partial charge on any atom is 0.261 e. The number of carbonyl (C=O) groups is 1. The first kappa shape index (κ1) is 21.0. The van der Waals surface area contributed by atoms with Crippen LogP contribution in [0.5, 0.6) is 5.75 Å². The number of rotatable bonds is 3. The van der Waals surface area contributed by atoms with Gasteiger partial charge in [-0.2, -0.15) is 0 Å². The summed E-state index contributed by atoms with van der Waals surface area (Å²) in [6.45, 7) is 4.08. The Kier molecular flexibility index (Phi) is 6.57. The minimum absolute atomic E-state index is 0.233. The van der Waals surface area contributed by atoms with Gasteiger partial charge in [0.1, 0.15) is 5.75 Å². The van der Waals surface area contributed by atoms with Crippen LogP contribution >= 0.6 is 50.7 Å². The van der Waals surface area contributed by atoms with Crippen LogP contribution in [0.25, 0.3) is 10.8 Å². The number of methoxy groups -OCH3 is 1. The van der Waals surface area contributed by atoms with E-state index in [1.165, 1.54) is 3.57 Å². The Morgan fingerprint density at radius 1 is 1.14 bits per heavy atom. The van der Waals surface area contributed by atoms with Crippen LogP contribution in [-0.4, -0.2) is 18.1 Å². The molecule has 0 radical (unpaired) electrons. The highest BCUT2D eigenvalue weighted by atomic mass is 127. The lowest BCUT2D eigenvalue weighted by Gasteiger charge is -2.15. The molecule has 3 aromatic carbocycles. The van der Waals surface area contributed by atoms with E-state index < -0.39 is 0 Å². The Hall–Kier alpha value is -1.71. The summed E-state index contributed by atoms with van der Waals surface area (Å²) in [5, 5.41) is 7.97. The van der Waals surface area contributed by atoms with Gasteiger partial charge in [-0.1, -0.05) is 24.3 Å². The predicted octanol–water partition coefficient (Wildman–Crippen LogP) is 5.96. The molecule has 0 atom stereocenters. The number of anilines is 1. The highest BCUT2D eigenvalue weighted by molar-refractivity contribution is 14.1. The molecule has 144 valence electrons. The summed E-state index contributed by atoms with van der Waals surface area (Å²) in [5.74, 6) is 0.139. The molecule has 0 heterocycles. The van der Waals surface area contributed by atoms with E-state index in [0.29, 0.717) is 11.3 Å². The zero-order chi connectivity index (χ0) is 20.4. The van der Waals surface area contributed by atoms with E-state index in [1.54, 1.807) is 13.2 Å². The number of nitrogens with one attached hydrogen (secondary N) is 2. The minimum atomic E-state index is -0.334. The summed E-state index contributed by atoms with van der Waals surface area (Å²) in [5.41, 5.74) is 3.55. The second kappa shape index (κ2) is 8.75. The minimum Gasteiger partial charge on any atom is -0.495 e. The molecule has 3 aromatic rings. The van der Waals surface area contributed by atoms with Crippen LogP contribution in [0.4, 0.5) is 5.69 Å². The fourth-order valence-corrected chi connectivity index (χ4v) is 4.26. The first-order valence-electron chi connectivity index (χ1n) is 8.46. The van der Waals surface area contributed by atoms with Crippen molar-refractivity contribution in [2.45, 2.75) is 13.8 Å². The second-order valence-corrected chi connectivity index (χ2v) is 8.60. The van der Waals surface area contributed by atoms with Crippen molar-refractivity contribution >= 4 is 78.2 Å². The Bertz CT molecular complexity index is 1080. The van der Waals surface area contributed by atoms with Gasteiger partial charge >= 0.3 is 0 Å². The molecule has 4 nitrogen and oxygen atoms in total. The van der Waals surface area contributed by atoms with Crippen molar-refractivity contribution in [3.63, 3.8) is 0 Å². The van der Waals surface area contributed by atoms with E-state index >= 15 is 0 Å². The molecule has 0 aromatic heterocycles. The number of aryl methyl sites for hydroxylation is 2. The van der Waals surface area contributed by atoms with E-state index in [2.05, 4.69) is 49.2 Å². The molecule has 28 heavy (non-hydrogen) atoms. The Balaban J connectivity index is 1.85. The molecule has 0 saturated heterocycles. The SMILES string of the molecule is COc1c(C(=O)NC(=S)Nc2cc(C)c(I)c(C)c2)cc2ccccc2c1Br. The number of hydrogen-bond donors (Lipinski definition) is 2. The number of halogens is 2. The van der Waals surface area contributed by atoms with Gasteiger partial charge in [-0.3, -0.25) is 10.1 Å². The fraction of sp³-hybridized carbons (Fsp3) is 0.143. The monoisotopic (exact) mass is 568 g/mol. The molecule has 0 unspecified atom stereocenters. The van der Waals surface area contributed by atoms with Crippen molar-refractivity contribution in [2.75, 3.05) is 12.4 Å². The number of carbonyl (C=O) groups excluding carboxylic acids is 1. The Labute approximate surface area is 191 Å². The standard InChI is InChI=1S/C21H18BrIN2O2S/c1-11-8-14(9-12(2)18(11)23)24-21(28)25-20(26)16-10-13-6-4-5-7-15(13)17(22)19(16)27-3/h4-10H,1-3H3,(H2,24,25,26,28). The predicted molar refractivity (Wildman–Crippen MR) is 131 cm³/mol. The number of amides is 1. The summed E-state index contributed by atoms with van der Waals surface area (Å²) in [6.07, 6.45) is 0. The fourth-order valence-electron chi connectivity index (χ4n) is 3.00. The average Bonchev–Trinajstić information content (AvgIpc) is 2.65. The van der Waals surface area contributed by atoms with Crippen LogP contribution in [0.15, 0.2) is 46.9 Å². The lowest BCUT2D eigenvalue weighted by Crippen LogP contribution is -2.34. The van der Waals surface area contributed by atoms with Crippen molar-refractivity contribution in [3.8, 4) is 5.75 Å². The maximum absolute atomic E-state index is 12.9. The molecule has 3 rings (SSSR count). The summed E-state index contributed by atoms with van der Waals surface area (Å²) in [6, 6.07) is 13.6. The van der Waals surface area contributed by atoms with Gasteiger partial charge in [0.2, 0.25) is 0 Å². The van der Waals surface area contributed by atoms with Crippen LogP contribution in [0, 0.1) is 17.4 Å². The van der Waals surface area contributed by atoms with Crippen LogP contribution < -0.4 is 15.4 Å². The highest BCUT2D eigenvalue weighted by Gasteiger charge is 2.19. The quantitative estimate of drug-likeness (QED) is 0.302. The lowest BCUT2D eigenvalue weighted by atomic mass is 10.1. The number of thiocarbonyl (C=S) groups is 1. The average molecular weight is 569 g/mol. The van der Waals surface area contributed by atoms with Gasteiger partial charge < -0.3 is 10.1 Å². The van der Waals surface area contributed by atoms with Gasteiger partial charge in [-0.15, -0.1) is 0 Å². The van der Waals surface area contributed by atoms with Crippen molar-refractivity contribution in [1.29, 1.82) is 0 Å². The number of hydrogen-bond acceptors (Lipinski definition) is 3. The molecule has 2 N–H and O–H groups in total. The van der Waals surface area contributed by atoms with E-state index in [0.717, 1.165) is 32.1 Å². The molecule has 7 heteroatoms. The molecular weight excluding hydrogens is 551 g/mol. The van der Waals surface area contributed by atoms with E-state index in [4.69, 9.17) is 17.0 Å². The van der Waals surface area contributed by atoms with E-state index in [9.17, 15) is 4.79 Å². The maximum atomic E-state index is 12.9. The summed E-state index contributed by atoms with van der Waals surface area (Å²) in [7, 11) is 1.54. The van der Waals surface area contributed by atoms with Gasteiger partial charge in [-0.05, 0) is 105 Å². The normalized spacial score (nSPS) is 10.6. The molecule has 0 fully saturated rings. The van der Waals surface area contributed by atoms with Gasteiger partial charge in [0, 0.05) is 9.26 Å². The zero-order valence-corrected chi connectivity index (χ0v) is 20.1. The van der Waals surface area contributed by atoms with Crippen molar-refractivity contribution in [3.05, 3.63) is 67.2 Å². The summed E-state index contributed by atoms with van der Waals surface area (Å²) < 4.78 is 7.43. The van der Waals surface area contributed by atoms with Gasteiger partial charge in [0.05, 0.1) is 17.1 Å². The molecule has 0 aliphatic heterocycles. The first-order valence-corrected chi connectivity index (χ1v) is 10.7. The smallest absolute Gasteiger partial charge is 0.261 e. The Morgan fingerprint density at radius 3 is 2.43 bits per heavy atom. The zero-order valence-electron chi connectivity index (χ0n) is 15.5. The molecule has 0 saturated carbocycles. The molecular formula is C21H18BrIN2O2S. The highest BCUT2D eigenvalue weighted by Crippen LogP contribution is 2.36. The third-order valence-electron chi connectivity index (χ3n) is 4.31. The van der Waals surface area contributed by atoms with Gasteiger partial charge in [0.15, 0.2) is 5.11 Å². The molecule has 0 spiro atoms. The van der Waals surface area contributed by atoms with Crippen LogP contribution in [-0.2, 0) is 0 Å². The Morgan fingerprint density at radius 2 is 1.79 bits per heavy atom. The largest absolute Gasteiger partial charge is 0.495 e. The van der Waals surface area contributed by atoms with Gasteiger partial charge in [0.25, 0.3) is 5.91 Å².